The van der Waals surface area contributed by atoms with Gasteiger partial charge >= 0.3 is 24.5 Å². The molecule has 430 valence electrons. The maximum absolute atomic E-state index is 13.9. The molecule has 6 atom stereocenters. The van der Waals surface area contributed by atoms with Crippen LogP contribution in [0.3, 0.4) is 0 Å². The van der Waals surface area contributed by atoms with Crippen LogP contribution in [0.4, 0.5) is 35.9 Å². The molecule has 5 aromatic carbocycles. The van der Waals surface area contributed by atoms with Crippen LogP contribution in [0.1, 0.15) is 62.6 Å². The molecule has 4 saturated heterocycles. The van der Waals surface area contributed by atoms with Gasteiger partial charge in [-0.2, -0.15) is 26.3 Å². The zero-order valence-corrected chi connectivity index (χ0v) is 45.2. The zero-order chi connectivity index (χ0) is 58.5. The van der Waals surface area contributed by atoms with Crippen molar-refractivity contribution in [2.45, 2.75) is 97.2 Å². The van der Waals surface area contributed by atoms with Crippen LogP contribution in [0.25, 0.3) is 0 Å². The Morgan fingerprint density at radius 3 is 1.35 bits per heavy atom. The molecular formula is C59H64F6N8O8. The first-order chi connectivity index (χ1) is 38.4. The summed E-state index contributed by atoms with van der Waals surface area (Å²) in [7, 11) is 0. The SMILES string of the molecule is Cc1cc(COC(=O)N2C[C@H](C)C(=O)N3[C@@H]2CN(Cc2ccccc2)C(=O)[C@@H]3CN)cc(C(F)(F)F)c1.Cc1ccc(C[C@H]2CN(C(=O)OCc3cc(C)cc(C(F)(F)F)c3)[C@H]3CN(Cc4ccccc4)C(=O)[C@H](CN)N3C2=O)cc1. The van der Waals surface area contributed by atoms with E-state index in [2.05, 4.69) is 0 Å². The average molecular weight is 1130 g/mol. The second kappa shape index (κ2) is 24.8. The van der Waals surface area contributed by atoms with E-state index in [1.54, 1.807) is 16.7 Å². The van der Waals surface area contributed by atoms with Gasteiger partial charge in [-0.3, -0.25) is 29.0 Å². The van der Waals surface area contributed by atoms with Gasteiger partial charge in [-0.25, -0.2) is 9.59 Å². The summed E-state index contributed by atoms with van der Waals surface area (Å²) in [5.41, 5.74) is 15.2. The van der Waals surface area contributed by atoms with Crippen LogP contribution in [0.15, 0.2) is 121 Å². The second-order valence-electron chi connectivity index (χ2n) is 21.0. The van der Waals surface area contributed by atoms with Gasteiger partial charge in [0.15, 0.2) is 0 Å². The maximum atomic E-state index is 13.9. The molecule has 5 aromatic rings. The van der Waals surface area contributed by atoms with Gasteiger partial charge in [-0.05, 0) is 79.3 Å². The van der Waals surface area contributed by atoms with Crippen LogP contribution in [0.5, 0.6) is 0 Å². The Kier molecular flexibility index (Phi) is 18.1. The topological polar surface area (TPSA) is 192 Å². The molecule has 16 nitrogen and oxygen atoms in total. The van der Waals surface area contributed by atoms with E-state index < -0.39 is 78.5 Å². The Balaban J connectivity index is 0.000000216. The highest BCUT2D eigenvalue weighted by atomic mass is 19.4. The molecular weight excluding hydrogens is 1060 g/mol. The number of rotatable bonds is 12. The molecule has 0 aliphatic carbocycles. The van der Waals surface area contributed by atoms with Crippen molar-refractivity contribution in [3.05, 3.63) is 177 Å². The van der Waals surface area contributed by atoms with E-state index in [-0.39, 0.29) is 93.7 Å². The molecule has 4 aliphatic heterocycles. The third kappa shape index (κ3) is 13.8. The van der Waals surface area contributed by atoms with Crippen LogP contribution < -0.4 is 11.5 Å². The van der Waals surface area contributed by atoms with Crippen LogP contribution in [-0.2, 0) is 73.7 Å². The predicted molar refractivity (Wildman–Crippen MR) is 284 cm³/mol. The van der Waals surface area contributed by atoms with Crippen molar-refractivity contribution in [2.75, 3.05) is 39.3 Å². The van der Waals surface area contributed by atoms with Crippen molar-refractivity contribution in [3.8, 4) is 0 Å². The van der Waals surface area contributed by atoms with Crippen molar-refractivity contribution in [1.82, 2.24) is 29.4 Å². The van der Waals surface area contributed by atoms with Crippen molar-refractivity contribution >= 4 is 35.8 Å². The Morgan fingerprint density at radius 1 is 0.506 bits per heavy atom. The van der Waals surface area contributed by atoms with Gasteiger partial charge in [-0.15, -0.1) is 0 Å². The molecule has 4 aliphatic rings. The number of alkyl halides is 6. The van der Waals surface area contributed by atoms with Gasteiger partial charge in [0.25, 0.3) is 0 Å². The fourth-order valence-corrected chi connectivity index (χ4v) is 10.9. The van der Waals surface area contributed by atoms with Gasteiger partial charge in [0.1, 0.15) is 37.6 Å². The number of benzene rings is 5. The number of amides is 6. The Morgan fingerprint density at radius 2 is 0.926 bits per heavy atom. The standard InChI is InChI=1S/C33H35F3N4O4.C26H29F3N4O4/c1-21-8-10-23(11-9-21)14-26-18-39(32(43)44-20-25-12-22(2)13-27(15-25)33(34,35)36)29-19-38(17-24-6-4-3-5-7-24)31(42)28(16-37)40(29)30(26)41;1-16-8-19(10-20(9-16)26(27,28)29)15-37-25(36)32-12-17(2)23(34)33-21(11-30)24(35)31(14-22(32)33)13-18-6-4-3-5-7-18/h3-13,15,26,28-29H,14,16-20,37H2,1-2H3;3-10,17,21-22H,11-15,30H2,1-2H3/t26-,28-,29+;17-,21-,22+/m00/s1. The smallest absolute Gasteiger partial charge is 0.416 e. The molecule has 81 heavy (non-hydrogen) atoms. The lowest BCUT2D eigenvalue weighted by Crippen LogP contribution is -2.74. The minimum absolute atomic E-state index is 0.0129. The molecule has 4 fully saturated rings. The molecule has 6 amide bonds. The van der Waals surface area contributed by atoms with Gasteiger partial charge in [0, 0.05) is 39.3 Å². The first-order valence-electron chi connectivity index (χ1n) is 26.4. The Bertz CT molecular complexity index is 3100. The van der Waals surface area contributed by atoms with Gasteiger partial charge in [-0.1, -0.05) is 121 Å². The molecule has 4 N–H and O–H groups in total. The molecule has 9 rings (SSSR count). The molecule has 22 heteroatoms. The number of fused-ring (bicyclic) bond motifs is 2. The molecule has 4 heterocycles. The average Bonchev–Trinajstić information content (AvgIpc) is 3.52. The van der Waals surface area contributed by atoms with E-state index >= 15 is 0 Å². The number of nitrogens with two attached hydrogens (primary N) is 2. The highest BCUT2D eigenvalue weighted by molar-refractivity contribution is 5.93. The minimum atomic E-state index is -4.55. The van der Waals surface area contributed by atoms with Gasteiger partial charge < -0.3 is 40.5 Å². The molecule has 0 radical (unpaired) electrons. The number of ether oxygens (including phenoxy) is 2. The van der Waals surface area contributed by atoms with E-state index in [9.17, 15) is 55.1 Å². The predicted octanol–water partition coefficient (Wildman–Crippen LogP) is 7.78. The highest BCUT2D eigenvalue weighted by Gasteiger charge is 2.53. The summed E-state index contributed by atoms with van der Waals surface area (Å²) >= 11 is 0. The number of carbonyl (C=O) groups is 6. The molecule has 0 unspecified atom stereocenters. The monoisotopic (exact) mass is 1130 g/mol. The molecule has 0 spiro atoms. The highest BCUT2D eigenvalue weighted by Crippen LogP contribution is 2.35. The number of piperazine rings is 2. The van der Waals surface area contributed by atoms with E-state index in [0.717, 1.165) is 46.5 Å². The van der Waals surface area contributed by atoms with Crippen LogP contribution in [-0.4, -0.2) is 129 Å². The third-order valence-electron chi connectivity index (χ3n) is 14.8. The summed E-state index contributed by atoms with van der Waals surface area (Å²) < 4.78 is 90.8. The Hall–Kier alpha value is -7.98. The first kappa shape index (κ1) is 59.1. The van der Waals surface area contributed by atoms with Crippen molar-refractivity contribution < 1.29 is 64.6 Å². The van der Waals surface area contributed by atoms with Crippen molar-refractivity contribution in [2.24, 2.45) is 23.3 Å². The van der Waals surface area contributed by atoms with E-state index in [4.69, 9.17) is 20.9 Å². The number of carbonyl (C=O) groups excluding carboxylic acids is 6. The number of aryl methyl sites for hydroxylation is 3. The summed E-state index contributed by atoms with van der Waals surface area (Å²) in [4.78, 5) is 89.4. The Labute approximate surface area is 465 Å². The third-order valence-corrected chi connectivity index (χ3v) is 14.8. The second-order valence-corrected chi connectivity index (χ2v) is 21.0. The maximum Gasteiger partial charge on any atom is 0.416 e. The van der Waals surface area contributed by atoms with Crippen LogP contribution >= 0.6 is 0 Å². The van der Waals surface area contributed by atoms with Crippen molar-refractivity contribution in [3.63, 3.8) is 0 Å². The van der Waals surface area contributed by atoms with Crippen LogP contribution in [0.2, 0.25) is 0 Å². The lowest BCUT2D eigenvalue weighted by molar-refractivity contribution is -0.172. The summed E-state index contributed by atoms with van der Waals surface area (Å²) in [6, 6.07) is 31.4. The van der Waals surface area contributed by atoms with Crippen LogP contribution in [0, 0.1) is 32.6 Å². The van der Waals surface area contributed by atoms with Gasteiger partial charge in [0.05, 0.1) is 36.1 Å². The van der Waals surface area contributed by atoms with Crippen molar-refractivity contribution in [1.29, 1.82) is 0 Å². The fraction of sp³-hybridized carbons (Fsp3) is 0.390. The van der Waals surface area contributed by atoms with E-state index in [0.29, 0.717) is 17.5 Å². The molecule has 0 bridgehead atoms. The fourth-order valence-electron chi connectivity index (χ4n) is 10.9. The lowest BCUT2D eigenvalue weighted by Gasteiger charge is -2.53. The van der Waals surface area contributed by atoms with Gasteiger partial charge in [0.2, 0.25) is 23.6 Å². The largest absolute Gasteiger partial charge is 0.444 e. The number of halogens is 6. The normalized spacial score (nSPS) is 21.3. The summed E-state index contributed by atoms with van der Waals surface area (Å²) in [6.45, 7) is 6.32. The zero-order valence-electron chi connectivity index (χ0n) is 45.2. The summed E-state index contributed by atoms with van der Waals surface area (Å²) in [5.74, 6) is -2.48. The first-order valence-corrected chi connectivity index (χ1v) is 26.4. The number of hydrogen-bond acceptors (Lipinski definition) is 10. The lowest BCUT2D eigenvalue weighted by atomic mass is 9.91. The summed E-state index contributed by atoms with van der Waals surface area (Å²) in [5, 5.41) is 0. The molecule has 0 aromatic heterocycles. The minimum Gasteiger partial charge on any atom is -0.444 e. The van der Waals surface area contributed by atoms with E-state index in [1.165, 1.54) is 45.6 Å². The quantitative estimate of drug-likeness (QED) is 0.117. The number of hydrogen-bond donors (Lipinski definition) is 2. The number of nitrogens with zero attached hydrogens (tertiary/aromatic N) is 6. The summed E-state index contributed by atoms with van der Waals surface area (Å²) in [6.07, 6.45) is -12.0. The van der Waals surface area contributed by atoms with E-state index in [1.807, 2.05) is 91.9 Å². The molecule has 0 saturated carbocycles.